The minimum Gasteiger partial charge on any atom is -0.313 e. The molecule has 108 valence electrons. The normalized spacial score (nSPS) is 12.7. The molecule has 1 aromatic heterocycles. The predicted octanol–water partition coefficient (Wildman–Crippen LogP) is 2.99. The number of nitrogens with zero attached hydrogens (tertiary/aromatic N) is 2. The molecule has 0 aliphatic rings. The van der Waals surface area contributed by atoms with E-state index in [-0.39, 0.29) is 6.04 Å². The molecule has 1 N–H and O–H groups in total. The van der Waals surface area contributed by atoms with Gasteiger partial charge in [0.25, 0.3) is 0 Å². The number of aromatic nitrogens is 2. The first-order valence-electron chi connectivity index (χ1n) is 6.70. The highest BCUT2D eigenvalue weighted by molar-refractivity contribution is 5.23. The summed E-state index contributed by atoms with van der Waals surface area (Å²) >= 11 is 0. The van der Waals surface area contributed by atoms with Crippen LogP contribution >= 0.6 is 0 Å². The highest BCUT2D eigenvalue weighted by Crippen LogP contribution is 2.21. The molecular formula is C15H19F2N3. The van der Waals surface area contributed by atoms with Crippen molar-refractivity contribution in [3.8, 4) is 0 Å². The SMILES string of the molecule is CCn1nc(C)cc1CC(NC)c1ccc(F)c(F)c1. The molecule has 2 rings (SSSR count). The summed E-state index contributed by atoms with van der Waals surface area (Å²) in [5.41, 5.74) is 2.77. The number of rotatable bonds is 5. The molecule has 0 saturated heterocycles. The van der Waals surface area contributed by atoms with E-state index in [4.69, 9.17) is 0 Å². The van der Waals surface area contributed by atoms with Crippen molar-refractivity contribution in [2.24, 2.45) is 0 Å². The van der Waals surface area contributed by atoms with Gasteiger partial charge in [0.15, 0.2) is 11.6 Å². The molecule has 0 spiro atoms. The van der Waals surface area contributed by atoms with Gasteiger partial charge in [0, 0.05) is 24.7 Å². The number of halogens is 2. The van der Waals surface area contributed by atoms with Gasteiger partial charge in [-0.15, -0.1) is 0 Å². The van der Waals surface area contributed by atoms with Gasteiger partial charge in [-0.1, -0.05) is 6.07 Å². The summed E-state index contributed by atoms with van der Waals surface area (Å²) in [7, 11) is 1.81. The first-order valence-corrected chi connectivity index (χ1v) is 6.70. The van der Waals surface area contributed by atoms with Crippen LogP contribution in [0.1, 0.15) is 29.9 Å². The van der Waals surface area contributed by atoms with E-state index in [1.54, 1.807) is 6.07 Å². The van der Waals surface area contributed by atoms with Gasteiger partial charge < -0.3 is 5.32 Å². The molecule has 1 aromatic carbocycles. The van der Waals surface area contributed by atoms with Gasteiger partial charge >= 0.3 is 0 Å². The summed E-state index contributed by atoms with van der Waals surface area (Å²) in [6.07, 6.45) is 0.677. The van der Waals surface area contributed by atoms with Crippen molar-refractivity contribution in [1.82, 2.24) is 15.1 Å². The van der Waals surface area contributed by atoms with Crippen LogP contribution < -0.4 is 5.32 Å². The highest BCUT2D eigenvalue weighted by Gasteiger charge is 2.15. The number of aryl methyl sites for hydroxylation is 2. The molecular weight excluding hydrogens is 260 g/mol. The zero-order valence-electron chi connectivity index (χ0n) is 12.0. The van der Waals surface area contributed by atoms with E-state index in [1.807, 2.05) is 31.6 Å². The van der Waals surface area contributed by atoms with E-state index in [1.165, 1.54) is 6.07 Å². The maximum Gasteiger partial charge on any atom is 0.159 e. The lowest BCUT2D eigenvalue weighted by Gasteiger charge is -2.17. The van der Waals surface area contributed by atoms with Crippen LogP contribution in [-0.4, -0.2) is 16.8 Å². The number of hydrogen-bond acceptors (Lipinski definition) is 2. The van der Waals surface area contributed by atoms with E-state index in [0.29, 0.717) is 6.42 Å². The number of hydrogen-bond donors (Lipinski definition) is 1. The van der Waals surface area contributed by atoms with E-state index in [9.17, 15) is 8.78 Å². The summed E-state index contributed by atoms with van der Waals surface area (Å²) in [4.78, 5) is 0. The molecule has 0 aliphatic heterocycles. The second kappa shape index (κ2) is 6.13. The Balaban J connectivity index is 2.26. The Morgan fingerprint density at radius 2 is 2.00 bits per heavy atom. The molecule has 0 fully saturated rings. The van der Waals surface area contributed by atoms with Crippen LogP contribution in [-0.2, 0) is 13.0 Å². The summed E-state index contributed by atoms with van der Waals surface area (Å²) < 4.78 is 28.3. The average Bonchev–Trinajstić information content (AvgIpc) is 2.79. The van der Waals surface area contributed by atoms with Gasteiger partial charge in [-0.05, 0) is 44.7 Å². The maximum atomic E-state index is 13.3. The second-order valence-electron chi connectivity index (χ2n) is 4.81. The van der Waals surface area contributed by atoms with Gasteiger partial charge in [-0.25, -0.2) is 8.78 Å². The molecule has 0 saturated carbocycles. The van der Waals surface area contributed by atoms with E-state index >= 15 is 0 Å². The Bertz CT molecular complexity index is 593. The zero-order chi connectivity index (χ0) is 14.7. The van der Waals surface area contributed by atoms with E-state index in [0.717, 1.165) is 29.6 Å². The van der Waals surface area contributed by atoms with Gasteiger partial charge in [0.2, 0.25) is 0 Å². The minimum absolute atomic E-state index is 0.0773. The van der Waals surface area contributed by atoms with Gasteiger partial charge in [-0.2, -0.15) is 5.10 Å². The monoisotopic (exact) mass is 279 g/mol. The molecule has 20 heavy (non-hydrogen) atoms. The van der Waals surface area contributed by atoms with Crippen LogP contribution in [0.3, 0.4) is 0 Å². The molecule has 1 atom stereocenters. The Kier molecular flexibility index (Phi) is 4.49. The van der Waals surface area contributed by atoms with Gasteiger partial charge in [0.1, 0.15) is 0 Å². The third-order valence-electron chi connectivity index (χ3n) is 3.39. The van der Waals surface area contributed by atoms with Crippen LogP contribution in [0.5, 0.6) is 0 Å². The van der Waals surface area contributed by atoms with Crippen molar-refractivity contribution in [3.63, 3.8) is 0 Å². The minimum atomic E-state index is -0.821. The van der Waals surface area contributed by atoms with Crippen LogP contribution in [0.2, 0.25) is 0 Å². The summed E-state index contributed by atoms with van der Waals surface area (Å²) in [6, 6.07) is 5.96. The highest BCUT2D eigenvalue weighted by atomic mass is 19.2. The summed E-state index contributed by atoms with van der Waals surface area (Å²) in [5.74, 6) is -1.64. The number of likely N-dealkylation sites (N-methyl/N-ethyl adjacent to an activating group) is 1. The molecule has 1 heterocycles. The lowest BCUT2D eigenvalue weighted by molar-refractivity contribution is 0.497. The van der Waals surface area contributed by atoms with Gasteiger partial charge in [-0.3, -0.25) is 4.68 Å². The Morgan fingerprint density at radius 3 is 2.60 bits per heavy atom. The standard InChI is InChI=1S/C15H19F2N3/c1-4-20-12(7-10(2)19-20)9-15(18-3)11-5-6-13(16)14(17)8-11/h5-8,15,18H,4,9H2,1-3H3. The van der Waals surface area contributed by atoms with E-state index < -0.39 is 11.6 Å². The zero-order valence-corrected chi connectivity index (χ0v) is 12.0. The molecule has 2 aromatic rings. The topological polar surface area (TPSA) is 29.9 Å². The Labute approximate surface area is 117 Å². The van der Waals surface area contributed by atoms with E-state index in [2.05, 4.69) is 10.4 Å². The van der Waals surface area contributed by atoms with Crippen molar-refractivity contribution >= 4 is 0 Å². The Hall–Kier alpha value is -1.75. The molecule has 0 bridgehead atoms. The average molecular weight is 279 g/mol. The fraction of sp³-hybridized carbons (Fsp3) is 0.400. The number of nitrogens with one attached hydrogen (secondary N) is 1. The third kappa shape index (κ3) is 3.04. The van der Waals surface area contributed by atoms with Crippen molar-refractivity contribution in [2.45, 2.75) is 32.9 Å². The van der Waals surface area contributed by atoms with Crippen molar-refractivity contribution in [1.29, 1.82) is 0 Å². The molecule has 0 amide bonds. The first-order chi connectivity index (χ1) is 9.55. The lowest BCUT2D eigenvalue weighted by atomic mass is 10.0. The molecule has 3 nitrogen and oxygen atoms in total. The first kappa shape index (κ1) is 14.7. The quantitative estimate of drug-likeness (QED) is 0.912. The number of benzene rings is 1. The molecule has 5 heteroatoms. The smallest absolute Gasteiger partial charge is 0.159 e. The predicted molar refractivity (Wildman–Crippen MR) is 74.5 cm³/mol. The maximum absolute atomic E-state index is 13.3. The third-order valence-corrected chi connectivity index (χ3v) is 3.39. The summed E-state index contributed by atoms with van der Waals surface area (Å²) in [6.45, 7) is 4.76. The van der Waals surface area contributed by atoms with Crippen molar-refractivity contribution < 1.29 is 8.78 Å². The largest absolute Gasteiger partial charge is 0.313 e. The fourth-order valence-corrected chi connectivity index (χ4v) is 2.36. The molecule has 0 aliphatic carbocycles. The van der Waals surface area contributed by atoms with Crippen LogP contribution in [0.25, 0.3) is 0 Å². The Morgan fingerprint density at radius 1 is 1.25 bits per heavy atom. The van der Waals surface area contributed by atoms with Gasteiger partial charge in [0.05, 0.1) is 5.69 Å². The second-order valence-corrected chi connectivity index (χ2v) is 4.81. The van der Waals surface area contributed by atoms with Crippen LogP contribution in [0.15, 0.2) is 24.3 Å². The fourth-order valence-electron chi connectivity index (χ4n) is 2.36. The van der Waals surface area contributed by atoms with Crippen molar-refractivity contribution in [2.75, 3.05) is 7.05 Å². The molecule has 0 radical (unpaired) electrons. The molecule has 1 unspecified atom stereocenters. The lowest BCUT2D eigenvalue weighted by Crippen LogP contribution is -2.20. The van der Waals surface area contributed by atoms with Crippen molar-refractivity contribution in [3.05, 3.63) is 52.9 Å². The van der Waals surface area contributed by atoms with Crippen LogP contribution in [0, 0.1) is 18.6 Å². The summed E-state index contributed by atoms with van der Waals surface area (Å²) in [5, 5.41) is 7.54. The van der Waals surface area contributed by atoms with Crippen LogP contribution in [0.4, 0.5) is 8.78 Å².